The number of carboxylic acid groups (broad SMARTS) is 1. The van der Waals surface area contributed by atoms with Crippen LogP contribution in [0, 0.1) is 0 Å². The molecule has 182 valence electrons. The Kier molecular flexibility index (Phi) is 17.4. The molecule has 5 nitrogen and oxygen atoms in total. The Labute approximate surface area is 194 Å². The van der Waals surface area contributed by atoms with Crippen molar-refractivity contribution >= 4 is 11.9 Å². The molecular formula is C27H44O5. The van der Waals surface area contributed by atoms with Gasteiger partial charge in [0.1, 0.15) is 12.7 Å². The second-order valence-electron chi connectivity index (χ2n) is 8.70. The lowest BCUT2D eigenvalue weighted by molar-refractivity contribution is -0.155. The number of hydrogen-bond donors (Lipinski definition) is 1. The Balaban J connectivity index is 2.25. The summed E-state index contributed by atoms with van der Waals surface area (Å²) in [5, 5.41) is 8.68. The second kappa shape index (κ2) is 19.8. The Bertz CT molecular complexity index is 587. The zero-order valence-electron chi connectivity index (χ0n) is 20.1. The number of esters is 1. The van der Waals surface area contributed by atoms with Crippen LogP contribution in [0.4, 0.5) is 0 Å². The van der Waals surface area contributed by atoms with Crippen molar-refractivity contribution < 1.29 is 24.2 Å². The van der Waals surface area contributed by atoms with Gasteiger partial charge < -0.3 is 14.6 Å². The van der Waals surface area contributed by atoms with Crippen LogP contribution in [-0.2, 0) is 25.7 Å². The lowest BCUT2D eigenvalue weighted by Gasteiger charge is -2.18. The molecule has 0 aliphatic carbocycles. The van der Waals surface area contributed by atoms with Gasteiger partial charge in [-0.1, -0.05) is 95.0 Å². The third kappa shape index (κ3) is 16.8. The number of hydrogen-bond acceptors (Lipinski definition) is 4. The highest BCUT2D eigenvalue weighted by atomic mass is 16.6. The smallest absolute Gasteiger partial charge is 0.332 e. The summed E-state index contributed by atoms with van der Waals surface area (Å²) < 4.78 is 11.3. The molecule has 0 aliphatic rings. The molecule has 1 aromatic carbocycles. The van der Waals surface area contributed by atoms with Gasteiger partial charge in [0.05, 0.1) is 6.61 Å². The van der Waals surface area contributed by atoms with Crippen molar-refractivity contribution in [3.63, 3.8) is 0 Å². The van der Waals surface area contributed by atoms with Crippen LogP contribution in [0.3, 0.4) is 0 Å². The molecule has 5 heteroatoms. The maximum absolute atomic E-state index is 12.3. The minimum absolute atomic E-state index is 0.00846. The van der Waals surface area contributed by atoms with E-state index in [1.165, 1.54) is 32.1 Å². The second-order valence-corrected chi connectivity index (χ2v) is 8.70. The van der Waals surface area contributed by atoms with E-state index in [-0.39, 0.29) is 25.1 Å². The standard InChI is InChI=1S/C27H44O5/c1-2-3-4-5-8-14-19-25(20-15-9-6-7-10-16-21-26(28)29)32-27(30)23-31-22-24-17-12-11-13-18-24/h11-13,17-18,25H,2-10,14-16,19-23H2,1H3,(H,28,29). The van der Waals surface area contributed by atoms with Gasteiger partial charge in [0.15, 0.2) is 0 Å². The van der Waals surface area contributed by atoms with E-state index in [0.29, 0.717) is 6.61 Å². The van der Waals surface area contributed by atoms with Crippen LogP contribution in [0.15, 0.2) is 30.3 Å². The molecule has 0 saturated heterocycles. The topological polar surface area (TPSA) is 72.8 Å². The predicted molar refractivity (Wildman–Crippen MR) is 129 cm³/mol. The molecule has 0 bridgehead atoms. The van der Waals surface area contributed by atoms with Crippen LogP contribution in [-0.4, -0.2) is 29.8 Å². The molecule has 1 unspecified atom stereocenters. The molecule has 32 heavy (non-hydrogen) atoms. The molecule has 0 fully saturated rings. The molecule has 1 aromatic rings. The van der Waals surface area contributed by atoms with E-state index in [1.807, 2.05) is 30.3 Å². The third-order valence-electron chi connectivity index (χ3n) is 5.68. The van der Waals surface area contributed by atoms with Crippen molar-refractivity contribution in [3.05, 3.63) is 35.9 Å². The monoisotopic (exact) mass is 448 g/mol. The summed E-state index contributed by atoms with van der Waals surface area (Å²) in [6.45, 7) is 2.63. The SMILES string of the molecule is CCCCCCCCC(CCCCCCCCC(=O)O)OC(=O)COCc1ccccc1. The lowest BCUT2D eigenvalue weighted by Crippen LogP contribution is -2.22. The summed E-state index contributed by atoms with van der Waals surface area (Å²) in [5.74, 6) is -0.984. The minimum atomic E-state index is -0.711. The van der Waals surface area contributed by atoms with Crippen LogP contribution in [0.25, 0.3) is 0 Å². The first-order chi connectivity index (χ1) is 15.6. The maximum atomic E-state index is 12.3. The molecule has 1 rings (SSSR count). The van der Waals surface area contributed by atoms with Crippen LogP contribution in [0.1, 0.15) is 109 Å². The van der Waals surface area contributed by atoms with Crippen molar-refractivity contribution in [3.8, 4) is 0 Å². The summed E-state index contributed by atoms with van der Waals surface area (Å²) in [4.78, 5) is 22.8. The molecule has 0 aliphatic heterocycles. The quantitative estimate of drug-likeness (QED) is 0.161. The van der Waals surface area contributed by atoms with Crippen molar-refractivity contribution in [2.75, 3.05) is 6.61 Å². The Hall–Kier alpha value is -1.88. The highest BCUT2D eigenvalue weighted by molar-refractivity contribution is 5.70. The summed E-state index contributed by atoms with van der Waals surface area (Å²) in [7, 11) is 0. The number of benzene rings is 1. The zero-order chi connectivity index (χ0) is 23.3. The largest absolute Gasteiger partial charge is 0.481 e. The normalized spacial score (nSPS) is 11.9. The fourth-order valence-corrected chi connectivity index (χ4v) is 3.82. The minimum Gasteiger partial charge on any atom is -0.481 e. The van der Waals surface area contributed by atoms with E-state index in [9.17, 15) is 9.59 Å². The summed E-state index contributed by atoms with van der Waals surface area (Å²) in [6, 6.07) is 9.84. The zero-order valence-corrected chi connectivity index (χ0v) is 20.1. The molecule has 1 atom stereocenters. The number of carboxylic acids is 1. The molecule has 0 aromatic heterocycles. The van der Waals surface area contributed by atoms with Crippen LogP contribution < -0.4 is 0 Å². The first-order valence-corrected chi connectivity index (χ1v) is 12.6. The first-order valence-electron chi connectivity index (χ1n) is 12.6. The van der Waals surface area contributed by atoms with Crippen LogP contribution >= 0.6 is 0 Å². The van der Waals surface area contributed by atoms with E-state index in [1.54, 1.807) is 0 Å². The average molecular weight is 449 g/mol. The van der Waals surface area contributed by atoms with Crippen LogP contribution in [0.5, 0.6) is 0 Å². The van der Waals surface area contributed by atoms with Crippen LogP contribution in [0.2, 0.25) is 0 Å². The first kappa shape index (κ1) is 28.2. The molecular weight excluding hydrogens is 404 g/mol. The number of carbonyl (C=O) groups is 2. The van der Waals surface area contributed by atoms with Gasteiger partial charge in [0.2, 0.25) is 0 Å². The van der Waals surface area contributed by atoms with Crippen molar-refractivity contribution in [1.29, 1.82) is 0 Å². The summed E-state index contributed by atoms with van der Waals surface area (Å²) in [6.07, 6.45) is 15.5. The third-order valence-corrected chi connectivity index (χ3v) is 5.68. The van der Waals surface area contributed by atoms with Gasteiger partial charge >= 0.3 is 11.9 Å². The molecule has 0 spiro atoms. The van der Waals surface area contributed by atoms with Gasteiger partial charge in [-0.25, -0.2) is 4.79 Å². The Morgan fingerprint density at radius 1 is 0.812 bits per heavy atom. The fourth-order valence-electron chi connectivity index (χ4n) is 3.82. The highest BCUT2D eigenvalue weighted by Crippen LogP contribution is 2.17. The van der Waals surface area contributed by atoms with Crippen molar-refractivity contribution in [1.82, 2.24) is 0 Å². The molecule has 1 N–H and O–H groups in total. The Morgan fingerprint density at radius 3 is 1.97 bits per heavy atom. The molecule has 0 saturated carbocycles. The van der Waals surface area contributed by atoms with Gasteiger partial charge in [0.25, 0.3) is 0 Å². The van der Waals surface area contributed by atoms with Crippen molar-refractivity contribution in [2.24, 2.45) is 0 Å². The number of carbonyl (C=O) groups excluding carboxylic acids is 1. The van der Waals surface area contributed by atoms with E-state index in [2.05, 4.69) is 6.92 Å². The number of aliphatic carboxylic acids is 1. The molecule has 0 amide bonds. The highest BCUT2D eigenvalue weighted by Gasteiger charge is 2.14. The number of rotatable bonds is 21. The predicted octanol–water partition coefficient (Wildman–Crippen LogP) is 7.07. The van der Waals surface area contributed by atoms with E-state index in [4.69, 9.17) is 14.6 Å². The van der Waals surface area contributed by atoms with Gasteiger partial charge in [-0.3, -0.25) is 4.79 Å². The summed E-state index contributed by atoms with van der Waals surface area (Å²) in [5.41, 5.74) is 1.05. The molecule has 0 heterocycles. The van der Waals surface area contributed by atoms with Gasteiger partial charge in [-0.2, -0.15) is 0 Å². The van der Waals surface area contributed by atoms with E-state index in [0.717, 1.165) is 63.4 Å². The van der Waals surface area contributed by atoms with E-state index >= 15 is 0 Å². The van der Waals surface area contributed by atoms with Gasteiger partial charge in [-0.05, 0) is 37.7 Å². The molecule has 0 radical (unpaired) electrons. The van der Waals surface area contributed by atoms with E-state index < -0.39 is 5.97 Å². The lowest BCUT2D eigenvalue weighted by atomic mass is 10.0. The number of unbranched alkanes of at least 4 members (excludes halogenated alkanes) is 10. The maximum Gasteiger partial charge on any atom is 0.332 e. The average Bonchev–Trinajstić information content (AvgIpc) is 2.78. The fraction of sp³-hybridized carbons (Fsp3) is 0.704. The summed E-state index contributed by atoms with van der Waals surface area (Å²) >= 11 is 0. The van der Waals surface area contributed by atoms with Crippen molar-refractivity contribution in [2.45, 2.75) is 116 Å². The van der Waals surface area contributed by atoms with Gasteiger partial charge in [0, 0.05) is 6.42 Å². The Morgan fingerprint density at radius 2 is 1.38 bits per heavy atom. The van der Waals surface area contributed by atoms with Gasteiger partial charge in [-0.15, -0.1) is 0 Å². The number of ether oxygens (including phenoxy) is 2.